The molecule has 0 bridgehead atoms. The Morgan fingerprint density at radius 2 is 1.69 bits per heavy atom. The maximum atomic E-state index is 12.9. The monoisotopic (exact) mass is 447 g/mol. The summed E-state index contributed by atoms with van der Waals surface area (Å²) in [4.78, 5) is 31.2. The molecule has 1 aromatic rings. The fourth-order valence-corrected chi connectivity index (χ4v) is 2.54. The second-order valence-electron chi connectivity index (χ2n) is 9.31. The molecule has 0 spiro atoms. The predicted octanol–water partition coefficient (Wildman–Crippen LogP) is 5.02. The van der Waals surface area contributed by atoms with E-state index >= 15 is 0 Å². The molecule has 0 aliphatic heterocycles. The van der Waals surface area contributed by atoms with Gasteiger partial charge in [0.25, 0.3) is 0 Å². The first-order valence-corrected chi connectivity index (χ1v) is 10.7. The van der Waals surface area contributed by atoms with Crippen molar-refractivity contribution in [2.24, 2.45) is 4.99 Å². The van der Waals surface area contributed by atoms with Gasteiger partial charge in [-0.3, -0.25) is 10.3 Å². The van der Waals surface area contributed by atoms with Crippen molar-refractivity contribution in [3.8, 4) is 5.75 Å². The molecule has 0 saturated heterocycles. The Hall–Kier alpha value is -3.03. The number of aliphatic imine (C=N–C) groups is 1. The summed E-state index contributed by atoms with van der Waals surface area (Å²) in [5, 5.41) is 12.0. The van der Waals surface area contributed by atoms with Crippen LogP contribution in [-0.2, 0) is 15.9 Å². The van der Waals surface area contributed by atoms with Gasteiger partial charge in [-0.25, -0.2) is 14.5 Å². The first-order valence-electron chi connectivity index (χ1n) is 10.7. The standard InChI is InChI=1S/C24H37N3O5/c1-8-9-10-17-27(22(30)32-24(5,6)7)20(26-21(29)31-23(2,3)4)25-16-15-18-11-13-19(28)14-12-18/h8,11-14,28H,1,9-10,15-17H2,2-7H3,(H,25,26,29). The average Bonchev–Trinajstić information content (AvgIpc) is 2.63. The third kappa shape index (κ3) is 11.4. The molecule has 8 nitrogen and oxygen atoms in total. The third-order valence-electron chi connectivity index (χ3n) is 3.87. The second-order valence-corrected chi connectivity index (χ2v) is 9.31. The fourth-order valence-electron chi connectivity index (χ4n) is 2.54. The van der Waals surface area contributed by atoms with Crippen molar-refractivity contribution >= 4 is 18.1 Å². The van der Waals surface area contributed by atoms with Crippen molar-refractivity contribution < 1.29 is 24.2 Å². The molecule has 0 saturated carbocycles. The van der Waals surface area contributed by atoms with E-state index in [4.69, 9.17) is 9.47 Å². The number of rotatable bonds is 7. The summed E-state index contributed by atoms with van der Waals surface area (Å²) in [6.07, 6.45) is 2.30. The number of amides is 2. The van der Waals surface area contributed by atoms with E-state index < -0.39 is 23.4 Å². The molecule has 32 heavy (non-hydrogen) atoms. The van der Waals surface area contributed by atoms with Crippen LogP contribution in [0.3, 0.4) is 0 Å². The maximum absolute atomic E-state index is 12.9. The van der Waals surface area contributed by atoms with Gasteiger partial charge in [0.15, 0.2) is 0 Å². The van der Waals surface area contributed by atoms with Gasteiger partial charge in [0.2, 0.25) is 5.96 Å². The molecule has 0 aromatic heterocycles. The SMILES string of the molecule is C=CCCCN(C(=O)OC(C)(C)C)C(=NCCc1ccc(O)cc1)NC(=O)OC(C)(C)C. The number of nitrogens with zero attached hydrogens (tertiary/aromatic N) is 2. The molecule has 0 atom stereocenters. The molecule has 0 heterocycles. The fraction of sp³-hybridized carbons (Fsp3) is 0.542. The van der Waals surface area contributed by atoms with Crippen molar-refractivity contribution in [3.63, 3.8) is 0 Å². The van der Waals surface area contributed by atoms with E-state index in [9.17, 15) is 14.7 Å². The molecule has 0 fully saturated rings. The zero-order chi connectivity index (χ0) is 24.4. The van der Waals surface area contributed by atoms with Gasteiger partial charge in [-0.15, -0.1) is 6.58 Å². The molecule has 0 unspecified atom stereocenters. The van der Waals surface area contributed by atoms with Crippen LogP contribution in [-0.4, -0.2) is 52.4 Å². The molecule has 1 rings (SSSR count). The Kier molecular flexibility index (Phi) is 10.2. The molecular weight excluding hydrogens is 410 g/mol. The summed E-state index contributed by atoms with van der Waals surface area (Å²) in [5.41, 5.74) is -0.462. The van der Waals surface area contributed by atoms with Gasteiger partial charge in [0.05, 0.1) is 0 Å². The Morgan fingerprint density at radius 1 is 1.09 bits per heavy atom. The van der Waals surface area contributed by atoms with Crippen LogP contribution < -0.4 is 5.32 Å². The van der Waals surface area contributed by atoms with E-state index in [1.807, 2.05) is 0 Å². The number of carbonyl (C=O) groups is 2. The smallest absolute Gasteiger partial charge is 0.417 e. The Balaban J connectivity index is 3.13. The zero-order valence-electron chi connectivity index (χ0n) is 20.1. The van der Waals surface area contributed by atoms with Gasteiger partial charge in [0.1, 0.15) is 17.0 Å². The molecule has 8 heteroatoms. The van der Waals surface area contributed by atoms with Crippen LogP contribution in [0.4, 0.5) is 9.59 Å². The highest BCUT2D eigenvalue weighted by Gasteiger charge is 2.28. The number of ether oxygens (including phenoxy) is 2. The summed E-state index contributed by atoms with van der Waals surface area (Å²) >= 11 is 0. The van der Waals surface area contributed by atoms with E-state index in [0.29, 0.717) is 25.8 Å². The first kappa shape index (κ1) is 27.0. The first-order chi connectivity index (χ1) is 14.8. The minimum atomic E-state index is -0.711. The van der Waals surface area contributed by atoms with Crippen molar-refractivity contribution in [3.05, 3.63) is 42.5 Å². The topological polar surface area (TPSA) is 100 Å². The van der Waals surface area contributed by atoms with Crippen molar-refractivity contribution in [1.29, 1.82) is 0 Å². The van der Waals surface area contributed by atoms with Crippen LogP contribution in [0, 0.1) is 0 Å². The number of allylic oxidation sites excluding steroid dienone is 1. The van der Waals surface area contributed by atoms with Gasteiger partial charge >= 0.3 is 12.2 Å². The molecule has 0 radical (unpaired) electrons. The van der Waals surface area contributed by atoms with E-state index in [0.717, 1.165) is 5.56 Å². The van der Waals surface area contributed by atoms with E-state index in [2.05, 4.69) is 16.9 Å². The second kappa shape index (κ2) is 12.1. The van der Waals surface area contributed by atoms with Crippen LogP contribution in [0.1, 0.15) is 59.9 Å². The van der Waals surface area contributed by atoms with Crippen LogP contribution in [0.15, 0.2) is 41.9 Å². The number of unbranched alkanes of at least 4 members (excludes halogenated alkanes) is 1. The number of benzene rings is 1. The van der Waals surface area contributed by atoms with Crippen molar-refractivity contribution in [2.45, 2.75) is 72.0 Å². The lowest BCUT2D eigenvalue weighted by Crippen LogP contribution is -2.50. The molecule has 178 valence electrons. The number of hydrogen-bond donors (Lipinski definition) is 2. The van der Waals surface area contributed by atoms with Gasteiger partial charge < -0.3 is 14.6 Å². The molecule has 0 aliphatic carbocycles. The Morgan fingerprint density at radius 3 is 2.22 bits per heavy atom. The quantitative estimate of drug-likeness (QED) is 0.265. The van der Waals surface area contributed by atoms with Gasteiger partial charge in [-0.2, -0.15) is 0 Å². The largest absolute Gasteiger partial charge is 0.508 e. The van der Waals surface area contributed by atoms with Crippen molar-refractivity contribution in [1.82, 2.24) is 10.2 Å². The highest BCUT2D eigenvalue weighted by atomic mass is 16.6. The Bertz CT molecular complexity index is 789. The van der Waals surface area contributed by atoms with Crippen LogP contribution in [0.2, 0.25) is 0 Å². The number of phenols is 1. The number of aromatic hydroxyl groups is 1. The van der Waals surface area contributed by atoms with Gasteiger partial charge in [-0.05, 0) is 78.5 Å². The maximum Gasteiger partial charge on any atom is 0.417 e. The Labute approximate surface area is 191 Å². The number of phenolic OH excluding ortho intramolecular Hbond substituents is 1. The lowest BCUT2D eigenvalue weighted by molar-refractivity contribution is 0.0357. The van der Waals surface area contributed by atoms with Crippen LogP contribution in [0.25, 0.3) is 0 Å². The summed E-state index contributed by atoms with van der Waals surface area (Å²) in [5.74, 6) is 0.249. The summed E-state index contributed by atoms with van der Waals surface area (Å²) in [6, 6.07) is 6.78. The van der Waals surface area contributed by atoms with Crippen molar-refractivity contribution in [2.75, 3.05) is 13.1 Å². The minimum Gasteiger partial charge on any atom is -0.508 e. The molecule has 1 aromatic carbocycles. The number of guanidine groups is 1. The minimum absolute atomic E-state index is 0.0661. The summed E-state index contributed by atoms with van der Waals surface area (Å²) in [6.45, 7) is 14.9. The molecular formula is C24H37N3O5. The van der Waals surface area contributed by atoms with Gasteiger partial charge in [0, 0.05) is 13.1 Å². The summed E-state index contributed by atoms with van der Waals surface area (Å²) in [7, 11) is 0. The predicted molar refractivity (Wildman–Crippen MR) is 126 cm³/mol. The molecule has 0 aliphatic rings. The third-order valence-corrected chi connectivity index (χ3v) is 3.87. The molecule has 2 N–H and O–H groups in total. The van der Waals surface area contributed by atoms with Gasteiger partial charge in [-0.1, -0.05) is 18.2 Å². The van der Waals surface area contributed by atoms with E-state index in [-0.39, 0.29) is 18.3 Å². The number of carbonyl (C=O) groups excluding carboxylic acids is 2. The highest BCUT2D eigenvalue weighted by Crippen LogP contribution is 2.13. The molecule has 2 amide bonds. The normalized spacial score (nSPS) is 12.1. The highest BCUT2D eigenvalue weighted by molar-refractivity contribution is 6.01. The lowest BCUT2D eigenvalue weighted by atomic mass is 10.1. The number of alkyl carbamates (subject to hydrolysis) is 1. The van der Waals surface area contributed by atoms with E-state index in [1.54, 1.807) is 71.9 Å². The number of nitrogens with one attached hydrogen (secondary N) is 1. The summed E-state index contributed by atoms with van der Waals surface area (Å²) < 4.78 is 10.9. The van der Waals surface area contributed by atoms with Crippen LogP contribution in [0.5, 0.6) is 5.75 Å². The number of hydrogen-bond acceptors (Lipinski definition) is 6. The van der Waals surface area contributed by atoms with E-state index in [1.165, 1.54) is 4.90 Å². The zero-order valence-corrected chi connectivity index (χ0v) is 20.1. The van der Waals surface area contributed by atoms with Crippen LogP contribution >= 0.6 is 0 Å². The lowest BCUT2D eigenvalue weighted by Gasteiger charge is -2.29. The average molecular weight is 448 g/mol.